The number of benzene rings is 1. The van der Waals surface area contributed by atoms with Crippen LogP contribution in [-0.2, 0) is 6.18 Å². The number of para-hydroxylation sites is 1. The maximum atomic E-state index is 13.2. The molecule has 0 aliphatic rings. The van der Waals surface area contributed by atoms with Crippen LogP contribution in [0.5, 0.6) is 0 Å². The second kappa shape index (κ2) is 5.51. The van der Waals surface area contributed by atoms with Crippen LogP contribution in [0.1, 0.15) is 26.4 Å². The van der Waals surface area contributed by atoms with E-state index in [9.17, 15) is 22.8 Å². The largest absolute Gasteiger partial charge is 0.478 e. The molecule has 0 bridgehead atoms. The van der Waals surface area contributed by atoms with Crippen molar-refractivity contribution in [1.29, 1.82) is 0 Å². The van der Waals surface area contributed by atoms with E-state index in [1.54, 1.807) is 0 Å². The first-order valence-corrected chi connectivity index (χ1v) is 5.97. The summed E-state index contributed by atoms with van der Waals surface area (Å²) in [5.74, 6) is -2.37. The number of nitrogens with zero attached hydrogens (tertiary/aromatic N) is 2. The first kappa shape index (κ1) is 15.5. The van der Waals surface area contributed by atoms with E-state index in [2.05, 4.69) is 10.4 Å². The van der Waals surface area contributed by atoms with E-state index >= 15 is 0 Å². The van der Waals surface area contributed by atoms with E-state index in [0.29, 0.717) is 10.9 Å². The fourth-order valence-electron chi connectivity index (χ4n) is 1.95. The molecule has 0 radical (unpaired) electrons. The normalized spacial score (nSPS) is 11.3. The highest BCUT2D eigenvalue weighted by Crippen LogP contribution is 2.34. The third-order valence-corrected chi connectivity index (χ3v) is 2.87. The first-order valence-electron chi connectivity index (χ1n) is 5.97. The van der Waals surface area contributed by atoms with Crippen LogP contribution in [0.2, 0.25) is 0 Å². The van der Waals surface area contributed by atoms with Gasteiger partial charge in [0.25, 0.3) is 5.91 Å². The highest BCUT2D eigenvalue weighted by atomic mass is 19.4. The Hall–Kier alpha value is -2.84. The van der Waals surface area contributed by atoms with Crippen molar-refractivity contribution >= 4 is 11.9 Å². The molecule has 0 saturated carbocycles. The molecule has 0 saturated heterocycles. The summed E-state index contributed by atoms with van der Waals surface area (Å²) in [5.41, 5.74) is -2.66. The molecule has 1 amide bonds. The highest BCUT2D eigenvalue weighted by Gasteiger charge is 2.41. The molecule has 2 rings (SSSR count). The van der Waals surface area contributed by atoms with Gasteiger partial charge in [-0.1, -0.05) is 12.1 Å². The molecule has 0 aliphatic heterocycles. The number of alkyl halides is 3. The molecule has 0 fully saturated rings. The predicted molar refractivity (Wildman–Crippen MR) is 68.9 cm³/mol. The van der Waals surface area contributed by atoms with Crippen molar-refractivity contribution < 1.29 is 27.9 Å². The van der Waals surface area contributed by atoms with Gasteiger partial charge in [0, 0.05) is 7.05 Å². The van der Waals surface area contributed by atoms with Crippen molar-refractivity contribution in [2.24, 2.45) is 0 Å². The number of aromatic nitrogens is 2. The molecule has 1 aromatic heterocycles. The van der Waals surface area contributed by atoms with Gasteiger partial charge in [-0.25, -0.2) is 9.48 Å². The lowest BCUT2D eigenvalue weighted by Crippen LogP contribution is -2.22. The van der Waals surface area contributed by atoms with Gasteiger partial charge in [-0.2, -0.15) is 18.3 Å². The molecule has 1 heterocycles. The van der Waals surface area contributed by atoms with Crippen molar-refractivity contribution in [3.63, 3.8) is 0 Å². The maximum absolute atomic E-state index is 13.2. The fourth-order valence-corrected chi connectivity index (χ4v) is 1.95. The van der Waals surface area contributed by atoms with Gasteiger partial charge >= 0.3 is 12.1 Å². The van der Waals surface area contributed by atoms with E-state index in [1.165, 1.54) is 31.3 Å². The molecule has 9 heteroatoms. The van der Waals surface area contributed by atoms with E-state index in [4.69, 9.17) is 5.11 Å². The van der Waals surface area contributed by atoms with E-state index in [0.717, 1.165) is 0 Å². The lowest BCUT2D eigenvalue weighted by atomic mass is 10.1. The number of rotatable bonds is 3. The number of halogens is 3. The van der Waals surface area contributed by atoms with E-state index < -0.39 is 29.3 Å². The van der Waals surface area contributed by atoms with Crippen LogP contribution < -0.4 is 5.32 Å². The second-order valence-corrected chi connectivity index (χ2v) is 4.22. The lowest BCUT2D eigenvalue weighted by molar-refractivity contribution is -0.143. The number of carboxylic acid groups (broad SMARTS) is 1. The summed E-state index contributed by atoms with van der Waals surface area (Å²) in [5, 5.41) is 14.7. The molecule has 0 aliphatic carbocycles. The maximum Gasteiger partial charge on any atom is 0.434 e. The molecule has 0 unspecified atom stereocenters. The van der Waals surface area contributed by atoms with Crippen LogP contribution in [-0.4, -0.2) is 33.8 Å². The fraction of sp³-hybridized carbons (Fsp3) is 0.154. The van der Waals surface area contributed by atoms with Gasteiger partial charge in [-0.05, 0) is 12.1 Å². The van der Waals surface area contributed by atoms with Gasteiger partial charge in [-0.3, -0.25) is 4.79 Å². The SMILES string of the molecule is CNC(=O)c1ccccc1-n1ncc(C(=O)O)c1C(F)(F)F. The Morgan fingerprint density at radius 2 is 1.86 bits per heavy atom. The zero-order chi connectivity index (χ0) is 16.5. The molecule has 1 aromatic carbocycles. The van der Waals surface area contributed by atoms with Gasteiger partial charge in [-0.15, -0.1) is 0 Å². The summed E-state index contributed by atoms with van der Waals surface area (Å²) in [7, 11) is 1.33. The summed E-state index contributed by atoms with van der Waals surface area (Å²) in [6, 6.07) is 5.46. The van der Waals surface area contributed by atoms with E-state index in [1.807, 2.05) is 0 Å². The van der Waals surface area contributed by atoms with Gasteiger partial charge in [0.2, 0.25) is 0 Å². The quantitative estimate of drug-likeness (QED) is 0.907. The minimum atomic E-state index is -4.94. The smallest absolute Gasteiger partial charge is 0.434 e. The number of hydrogen-bond acceptors (Lipinski definition) is 3. The third kappa shape index (κ3) is 2.65. The zero-order valence-corrected chi connectivity index (χ0v) is 11.2. The number of carboxylic acids is 1. The molecule has 2 N–H and O–H groups in total. The average molecular weight is 313 g/mol. The summed E-state index contributed by atoms with van der Waals surface area (Å²) < 4.78 is 39.9. The van der Waals surface area contributed by atoms with Crippen LogP contribution in [0.4, 0.5) is 13.2 Å². The molecule has 0 atom stereocenters. The Morgan fingerprint density at radius 3 is 2.41 bits per heavy atom. The number of carbonyl (C=O) groups excluding carboxylic acids is 1. The van der Waals surface area contributed by atoms with Gasteiger partial charge < -0.3 is 10.4 Å². The predicted octanol–water partition coefficient (Wildman–Crippen LogP) is 1.95. The summed E-state index contributed by atoms with van der Waals surface area (Å²) in [6.07, 6.45) is -4.34. The van der Waals surface area contributed by atoms with Crippen molar-refractivity contribution in [1.82, 2.24) is 15.1 Å². The van der Waals surface area contributed by atoms with Crippen molar-refractivity contribution in [3.05, 3.63) is 47.3 Å². The van der Waals surface area contributed by atoms with E-state index in [-0.39, 0.29) is 11.3 Å². The second-order valence-electron chi connectivity index (χ2n) is 4.22. The molecule has 0 spiro atoms. The molecular weight excluding hydrogens is 303 g/mol. The number of carbonyl (C=O) groups is 2. The van der Waals surface area contributed by atoms with Crippen LogP contribution in [0.25, 0.3) is 5.69 Å². The van der Waals surface area contributed by atoms with Crippen molar-refractivity contribution in [2.45, 2.75) is 6.18 Å². The number of amides is 1. The number of nitrogens with one attached hydrogen (secondary N) is 1. The monoisotopic (exact) mass is 313 g/mol. The number of aromatic carboxylic acids is 1. The van der Waals surface area contributed by atoms with Crippen LogP contribution in [0.3, 0.4) is 0 Å². The Bertz CT molecular complexity index is 738. The Labute approximate surface area is 122 Å². The summed E-state index contributed by atoms with van der Waals surface area (Å²) in [4.78, 5) is 22.7. The molecule has 116 valence electrons. The van der Waals surface area contributed by atoms with Crippen LogP contribution in [0.15, 0.2) is 30.5 Å². The number of hydrogen-bond donors (Lipinski definition) is 2. The Kier molecular flexibility index (Phi) is 3.89. The Balaban J connectivity index is 2.75. The molecule has 22 heavy (non-hydrogen) atoms. The van der Waals surface area contributed by atoms with Crippen molar-refractivity contribution in [3.8, 4) is 5.69 Å². The Morgan fingerprint density at radius 1 is 1.23 bits per heavy atom. The zero-order valence-electron chi connectivity index (χ0n) is 11.2. The summed E-state index contributed by atoms with van der Waals surface area (Å²) in [6.45, 7) is 0. The first-order chi connectivity index (χ1) is 10.3. The van der Waals surface area contributed by atoms with Gasteiger partial charge in [0.1, 0.15) is 5.56 Å². The van der Waals surface area contributed by atoms with Gasteiger partial charge in [0.05, 0.1) is 17.4 Å². The average Bonchev–Trinajstić information content (AvgIpc) is 2.91. The lowest BCUT2D eigenvalue weighted by Gasteiger charge is -2.14. The van der Waals surface area contributed by atoms with Crippen LogP contribution >= 0.6 is 0 Å². The molecular formula is C13H10F3N3O3. The topological polar surface area (TPSA) is 84.2 Å². The van der Waals surface area contributed by atoms with Gasteiger partial charge in [0.15, 0.2) is 5.69 Å². The van der Waals surface area contributed by atoms with Crippen LogP contribution in [0, 0.1) is 0 Å². The molecule has 2 aromatic rings. The minimum absolute atomic E-state index is 0.0597. The van der Waals surface area contributed by atoms with Crippen molar-refractivity contribution in [2.75, 3.05) is 7.05 Å². The standard InChI is InChI=1S/C13H10F3N3O3/c1-17-11(20)7-4-2-3-5-9(7)19-10(13(14,15)16)8(6-18-19)12(21)22/h2-6H,1H3,(H,17,20)(H,21,22). The third-order valence-electron chi connectivity index (χ3n) is 2.87. The minimum Gasteiger partial charge on any atom is -0.478 e. The summed E-state index contributed by atoms with van der Waals surface area (Å²) >= 11 is 0. The highest BCUT2D eigenvalue weighted by molar-refractivity contribution is 5.97. The molecule has 6 nitrogen and oxygen atoms in total.